The SMILES string of the molecule is Cc1ccccc1-c1nnc(CNc2ccc(-n3cccn3)cc2)o1. The summed E-state index contributed by atoms with van der Waals surface area (Å²) in [5, 5.41) is 15.8. The highest BCUT2D eigenvalue weighted by atomic mass is 16.4. The van der Waals surface area contributed by atoms with Crippen LogP contribution in [0.25, 0.3) is 17.1 Å². The third-order valence-electron chi connectivity index (χ3n) is 3.92. The summed E-state index contributed by atoms with van der Waals surface area (Å²) in [4.78, 5) is 0. The monoisotopic (exact) mass is 331 g/mol. The molecule has 2 heterocycles. The molecule has 0 saturated heterocycles. The quantitative estimate of drug-likeness (QED) is 0.602. The second-order valence-electron chi connectivity index (χ2n) is 5.67. The van der Waals surface area contributed by atoms with Crippen LogP contribution in [0.3, 0.4) is 0 Å². The van der Waals surface area contributed by atoms with Gasteiger partial charge in [0.25, 0.3) is 0 Å². The van der Waals surface area contributed by atoms with E-state index in [0.717, 1.165) is 22.5 Å². The van der Waals surface area contributed by atoms with Crippen LogP contribution in [0.4, 0.5) is 5.69 Å². The van der Waals surface area contributed by atoms with E-state index in [4.69, 9.17) is 4.42 Å². The standard InChI is InChI=1S/C19H17N5O/c1-14-5-2-3-6-17(14)19-23-22-18(25-19)13-20-15-7-9-16(10-8-15)24-12-4-11-21-24/h2-12,20H,13H2,1H3. The molecule has 0 bridgehead atoms. The van der Waals surface area contributed by atoms with E-state index in [2.05, 4.69) is 20.6 Å². The Hall–Kier alpha value is -3.41. The lowest BCUT2D eigenvalue weighted by molar-refractivity contribution is 0.514. The van der Waals surface area contributed by atoms with E-state index in [0.29, 0.717) is 18.3 Å². The lowest BCUT2D eigenvalue weighted by Crippen LogP contribution is -2.00. The van der Waals surface area contributed by atoms with Crippen LogP contribution in [0.5, 0.6) is 0 Å². The molecule has 0 aliphatic heterocycles. The van der Waals surface area contributed by atoms with Gasteiger partial charge in [0.15, 0.2) is 0 Å². The molecule has 25 heavy (non-hydrogen) atoms. The van der Waals surface area contributed by atoms with Gasteiger partial charge in [-0.1, -0.05) is 18.2 Å². The fourth-order valence-corrected chi connectivity index (χ4v) is 2.58. The number of nitrogens with zero attached hydrogens (tertiary/aromatic N) is 4. The van der Waals surface area contributed by atoms with Crippen LogP contribution in [0, 0.1) is 6.92 Å². The molecule has 0 unspecified atom stereocenters. The maximum atomic E-state index is 5.76. The molecule has 1 N–H and O–H groups in total. The van der Waals surface area contributed by atoms with Gasteiger partial charge in [-0.2, -0.15) is 5.10 Å². The summed E-state index contributed by atoms with van der Waals surface area (Å²) in [5.41, 5.74) is 4.06. The smallest absolute Gasteiger partial charge is 0.248 e. The maximum Gasteiger partial charge on any atom is 0.248 e. The van der Waals surface area contributed by atoms with Crippen molar-refractivity contribution in [1.29, 1.82) is 0 Å². The van der Waals surface area contributed by atoms with Crippen molar-refractivity contribution in [3.8, 4) is 17.1 Å². The number of benzene rings is 2. The molecule has 6 heteroatoms. The van der Waals surface area contributed by atoms with E-state index in [-0.39, 0.29) is 0 Å². The minimum Gasteiger partial charge on any atom is -0.419 e. The van der Waals surface area contributed by atoms with Crippen molar-refractivity contribution in [2.45, 2.75) is 13.5 Å². The van der Waals surface area contributed by atoms with Crippen LogP contribution in [0.15, 0.2) is 71.4 Å². The topological polar surface area (TPSA) is 68.8 Å². The van der Waals surface area contributed by atoms with Gasteiger partial charge in [-0.25, -0.2) is 4.68 Å². The summed E-state index contributed by atoms with van der Waals surface area (Å²) in [7, 11) is 0. The largest absolute Gasteiger partial charge is 0.419 e. The highest BCUT2D eigenvalue weighted by Gasteiger charge is 2.10. The van der Waals surface area contributed by atoms with E-state index in [1.165, 1.54) is 0 Å². The Bertz CT molecular complexity index is 958. The van der Waals surface area contributed by atoms with E-state index < -0.39 is 0 Å². The molecule has 0 aliphatic rings. The number of aromatic nitrogens is 4. The highest BCUT2D eigenvalue weighted by molar-refractivity contribution is 5.57. The molecule has 0 spiro atoms. The van der Waals surface area contributed by atoms with Crippen molar-refractivity contribution in [3.63, 3.8) is 0 Å². The van der Waals surface area contributed by atoms with Crippen molar-refractivity contribution in [2.24, 2.45) is 0 Å². The van der Waals surface area contributed by atoms with Crippen LogP contribution in [0.1, 0.15) is 11.5 Å². The molecule has 2 aromatic carbocycles. The Kier molecular flexibility index (Phi) is 4.00. The first-order valence-corrected chi connectivity index (χ1v) is 8.02. The lowest BCUT2D eigenvalue weighted by Gasteiger charge is -2.05. The van der Waals surface area contributed by atoms with Crippen molar-refractivity contribution < 1.29 is 4.42 Å². The van der Waals surface area contributed by atoms with Crippen molar-refractivity contribution in [1.82, 2.24) is 20.0 Å². The highest BCUT2D eigenvalue weighted by Crippen LogP contribution is 2.22. The summed E-state index contributed by atoms with van der Waals surface area (Å²) >= 11 is 0. The van der Waals surface area contributed by atoms with Gasteiger partial charge < -0.3 is 9.73 Å². The van der Waals surface area contributed by atoms with E-state index in [1.807, 2.05) is 72.4 Å². The molecule has 4 rings (SSSR count). The number of nitrogens with one attached hydrogen (secondary N) is 1. The summed E-state index contributed by atoms with van der Waals surface area (Å²) in [6, 6.07) is 17.9. The number of hydrogen-bond donors (Lipinski definition) is 1. The third kappa shape index (κ3) is 3.28. The second-order valence-corrected chi connectivity index (χ2v) is 5.67. The maximum absolute atomic E-state index is 5.76. The number of hydrogen-bond acceptors (Lipinski definition) is 5. The number of rotatable bonds is 5. The van der Waals surface area contributed by atoms with Crippen molar-refractivity contribution in [3.05, 3.63) is 78.4 Å². The average Bonchev–Trinajstić information content (AvgIpc) is 3.33. The fraction of sp³-hybridized carbons (Fsp3) is 0.105. The fourth-order valence-electron chi connectivity index (χ4n) is 2.58. The Morgan fingerprint density at radius 2 is 1.84 bits per heavy atom. The molecule has 124 valence electrons. The zero-order valence-corrected chi connectivity index (χ0v) is 13.8. The van der Waals surface area contributed by atoms with Crippen LogP contribution in [-0.2, 0) is 6.54 Å². The molecule has 0 amide bonds. The van der Waals surface area contributed by atoms with Crippen LogP contribution in [-0.4, -0.2) is 20.0 Å². The average molecular weight is 331 g/mol. The molecule has 2 aromatic heterocycles. The zero-order valence-electron chi connectivity index (χ0n) is 13.8. The molecule has 6 nitrogen and oxygen atoms in total. The minimum atomic E-state index is 0.472. The predicted octanol–water partition coefficient (Wildman–Crippen LogP) is 3.84. The number of aryl methyl sites for hydroxylation is 1. The molecule has 0 atom stereocenters. The molecular weight excluding hydrogens is 314 g/mol. The third-order valence-corrected chi connectivity index (χ3v) is 3.92. The van der Waals surface area contributed by atoms with Crippen LogP contribution >= 0.6 is 0 Å². The zero-order chi connectivity index (χ0) is 17.1. The Balaban J connectivity index is 1.43. The molecule has 0 aliphatic carbocycles. The van der Waals surface area contributed by atoms with Gasteiger partial charge >= 0.3 is 0 Å². The Morgan fingerprint density at radius 1 is 1.00 bits per heavy atom. The molecule has 0 radical (unpaired) electrons. The summed E-state index contributed by atoms with van der Waals surface area (Å²) in [5.74, 6) is 1.10. The second kappa shape index (κ2) is 6.60. The lowest BCUT2D eigenvalue weighted by atomic mass is 10.1. The van der Waals surface area contributed by atoms with Crippen LogP contribution < -0.4 is 5.32 Å². The van der Waals surface area contributed by atoms with Gasteiger partial charge in [-0.3, -0.25) is 0 Å². The van der Waals surface area contributed by atoms with E-state index >= 15 is 0 Å². The first-order valence-electron chi connectivity index (χ1n) is 8.02. The Morgan fingerprint density at radius 3 is 2.60 bits per heavy atom. The van der Waals surface area contributed by atoms with E-state index in [1.54, 1.807) is 6.20 Å². The van der Waals surface area contributed by atoms with Gasteiger partial charge in [-0.05, 0) is 48.9 Å². The van der Waals surface area contributed by atoms with Gasteiger partial charge in [0.1, 0.15) is 0 Å². The van der Waals surface area contributed by atoms with Gasteiger partial charge in [0.2, 0.25) is 11.8 Å². The van der Waals surface area contributed by atoms with Gasteiger partial charge in [0.05, 0.1) is 12.2 Å². The molecule has 4 aromatic rings. The Labute approximate surface area is 145 Å². The first-order chi connectivity index (χ1) is 12.3. The summed E-state index contributed by atoms with van der Waals surface area (Å²) < 4.78 is 7.57. The molecular formula is C19H17N5O. The van der Waals surface area contributed by atoms with Gasteiger partial charge in [-0.15, -0.1) is 10.2 Å². The van der Waals surface area contributed by atoms with Crippen molar-refractivity contribution >= 4 is 5.69 Å². The minimum absolute atomic E-state index is 0.472. The molecule has 0 fully saturated rings. The summed E-state index contributed by atoms with van der Waals surface area (Å²) in [6.45, 7) is 2.50. The van der Waals surface area contributed by atoms with Crippen LogP contribution in [0.2, 0.25) is 0 Å². The van der Waals surface area contributed by atoms with E-state index in [9.17, 15) is 0 Å². The first kappa shape index (κ1) is 15.1. The predicted molar refractivity (Wildman–Crippen MR) is 95.4 cm³/mol. The number of anilines is 1. The van der Waals surface area contributed by atoms with Gasteiger partial charge in [0, 0.05) is 23.6 Å². The normalized spacial score (nSPS) is 10.8. The molecule has 0 saturated carbocycles. The summed E-state index contributed by atoms with van der Waals surface area (Å²) in [6.07, 6.45) is 3.67. The van der Waals surface area contributed by atoms with Crippen molar-refractivity contribution in [2.75, 3.05) is 5.32 Å².